The lowest BCUT2D eigenvalue weighted by Crippen LogP contribution is -2.02. The van der Waals surface area contributed by atoms with E-state index < -0.39 is 6.61 Å². The lowest BCUT2D eigenvalue weighted by molar-refractivity contribution is -0.0489. The standard InChI is InChI=1S/C13H13F2NO/c14-13(15)17-11-7-3-5-9-8-4-1-2-6-10(8)16-12(9)11/h3,5,7,13,16H,1-2,4,6H2. The molecule has 0 saturated carbocycles. The van der Waals surface area contributed by atoms with Crippen LogP contribution in [-0.2, 0) is 12.8 Å². The number of aryl methyl sites for hydroxylation is 2. The van der Waals surface area contributed by atoms with Crippen LogP contribution in [0.25, 0.3) is 10.9 Å². The molecule has 1 heterocycles. The Morgan fingerprint density at radius 3 is 2.82 bits per heavy atom. The summed E-state index contributed by atoms with van der Waals surface area (Å²) in [5.41, 5.74) is 3.15. The van der Waals surface area contributed by atoms with E-state index in [1.165, 1.54) is 17.7 Å². The fourth-order valence-corrected chi connectivity index (χ4v) is 2.60. The topological polar surface area (TPSA) is 25.0 Å². The van der Waals surface area contributed by atoms with E-state index in [9.17, 15) is 8.78 Å². The molecule has 1 aliphatic rings. The molecule has 2 nitrogen and oxygen atoms in total. The number of halogens is 2. The molecule has 0 unspecified atom stereocenters. The van der Waals surface area contributed by atoms with Gasteiger partial charge in [-0.05, 0) is 37.3 Å². The van der Waals surface area contributed by atoms with Crippen LogP contribution in [0.5, 0.6) is 5.75 Å². The summed E-state index contributed by atoms with van der Waals surface area (Å²) >= 11 is 0. The maximum atomic E-state index is 12.3. The van der Waals surface area contributed by atoms with Crippen LogP contribution in [-0.4, -0.2) is 11.6 Å². The summed E-state index contributed by atoms with van der Waals surface area (Å²) in [5.74, 6) is 0.243. The minimum atomic E-state index is -2.78. The molecule has 90 valence electrons. The van der Waals surface area contributed by atoms with E-state index >= 15 is 0 Å². The highest BCUT2D eigenvalue weighted by Crippen LogP contribution is 2.34. The predicted molar refractivity (Wildman–Crippen MR) is 61.6 cm³/mol. The van der Waals surface area contributed by atoms with Crippen LogP contribution in [0.3, 0.4) is 0 Å². The Kier molecular flexibility index (Phi) is 2.50. The summed E-state index contributed by atoms with van der Waals surface area (Å²) in [6.07, 6.45) is 4.34. The first-order chi connectivity index (χ1) is 8.25. The number of hydrogen-bond donors (Lipinski definition) is 1. The molecular weight excluding hydrogens is 224 g/mol. The van der Waals surface area contributed by atoms with E-state index in [2.05, 4.69) is 9.72 Å². The minimum Gasteiger partial charge on any atom is -0.433 e. The molecular formula is C13H13F2NO. The molecule has 0 saturated heterocycles. The second-order valence-corrected chi connectivity index (χ2v) is 4.35. The number of ether oxygens (including phenoxy) is 1. The fraction of sp³-hybridized carbons (Fsp3) is 0.385. The van der Waals surface area contributed by atoms with E-state index in [4.69, 9.17) is 0 Å². The molecule has 0 atom stereocenters. The number of alkyl halides is 2. The Balaban J connectivity index is 2.15. The average molecular weight is 237 g/mol. The Hall–Kier alpha value is -1.58. The number of hydrogen-bond acceptors (Lipinski definition) is 1. The number of aromatic nitrogens is 1. The van der Waals surface area contributed by atoms with E-state index in [-0.39, 0.29) is 5.75 Å². The van der Waals surface area contributed by atoms with Gasteiger partial charge in [0.15, 0.2) is 0 Å². The highest BCUT2D eigenvalue weighted by molar-refractivity contribution is 5.89. The predicted octanol–water partition coefficient (Wildman–Crippen LogP) is 3.65. The van der Waals surface area contributed by atoms with Gasteiger partial charge in [-0.25, -0.2) is 0 Å². The number of rotatable bonds is 2. The molecule has 0 radical (unpaired) electrons. The van der Waals surface area contributed by atoms with Gasteiger partial charge >= 0.3 is 6.61 Å². The Morgan fingerprint density at radius 1 is 1.18 bits per heavy atom. The molecule has 0 fully saturated rings. The maximum absolute atomic E-state index is 12.3. The quantitative estimate of drug-likeness (QED) is 0.847. The monoisotopic (exact) mass is 237 g/mol. The molecule has 0 spiro atoms. The van der Waals surface area contributed by atoms with Crippen LogP contribution in [0.1, 0.15) is 24.1 Å². The van der Waals surface area contributed by atoms with Gasteiger partial charge in [0.2, 0.25) is 0 Å². The van der Waals surface area contributed by atoms with Crippen molar-refractivity contribution in [1.82, 2.24) is 4.98 Å². The molecule has 4 heteroatoms. The first kappa shape index (κ1) is 10.6. The zero-order valence-electron chi connectivity index (χ0n) is 9.30. The van der Waals surface area contributed by atoms with E-state index in [1.807, 2.05) is 6.07 Å². The van der Waals surface area contributed by atoms with Gasteiger partial charge in [0.1, 0.15) is 5.75 Å². The number of H-pyrrole nitrogens is 1. The van der Waals surface area contributed by atoms with Crippen molar-refractivity contribution >= 4 is 10.9 Å². The van der Waals surface area contributed by atoms with Crippen molar-refractivity contribution in [1.29, 1.82) is 0 Å². The van der Waals surface area contributed by atoms with Crippen molar-refractivity contribution in [2.24, 2.45) is 0 Å². The van der Waals surface area contributed by atoms with Crippen LogP contribution >= 0.6 is 0 Å². The largest absolute Gasteiger partial charge is 0.433 e. The summed E-state index contributed by atoms with van der Waals surface area (Å²) in [6, 6.07) is 5.31. The van der Waals surface area contributed by atoms with Crippen molar-refractivity contribution in [2.45, 2.75) is 32.3 Å². The van der Waals surface area contributed by atoms with Crippen molar-refractivity contribution in [3.63, 3.8) is 0 Å². The second kappa shape index (κ2) is 4.02. The minimum absolute atomic E-state index is 0.243. The van der Waals surface area contributed by atoms with E-state index in [1.54, 1.807) is 12.1 Å². The Morgan fingerprint density at radius 2 is 2.00 bits per heavy atom. The highest BCUT2D eigenvalue weighted by atomic mass is 19.3. The smallest absolute Gasteiger partial charge is 0.387 e. The number of benzene rings is 1. The van der Waals surface area contributed by atoms with Crippen molar-refractivity contribution in [2.75, 3.05) is 0 Å². The van der Waals surface area contributed by atoms with Gasteiger partial charge in [0.05, 0.1) is 5.52 Å². The fourth-order valence-electron chi connectivity index (χ4n) is 2.60. The van der Waals surface area contributed by atoms with Crippen LogP contribution in [0.2, 0.25) is 0 Å². The van der Waals surface area contributed by atoms with Crippen LogP contribution in [0.15, 0.2) is 18.2 Å². The molecule has 3 rings (SSSR count). The summed E-state index contributed by atoms with van der Waals surface area (Å²) < 4.78 is 29.1. The highest BCUT2D eigenvalue weighted by Gasteiger charge is 2.18. The third-order valence-corrected chi connectivity index (χ3v) is 3.31. The van der Waals surface area contributed by atoms with Crippen LogP contribution < -0.4 is 4.74 Å². The molecule has 0 aliphatic heterocycles. The molecule has 1 N–H and O–H groups in total. The van der Waals surface area contributed by atoms with E-state index in [0.717, 1.165) is 24.6 Å². The molecule has 1 aromatic carbocycles. The van der Waals surface area contributed by atoms with Gasteiger partial charge in [-0.15, -0.1) is 0 Å². The van der Waals surface area contributed by atoms with Crippen molar-refractivity contribution < 1.29 is 13.5 Å². The van der Waals surface area contributed by atoms with E-state index in [0.29, 0.717) is 5.52 Å². The number of para-hydroxylation sites is 1. The molecule has 1 aliphatic carbocycles. The summed E-state index contributed by atoms with van der Waals surface area (Å²) in [7, 11) is 0. The van der Waals surface area contributed by atoms with Crippen LogP contribution in [0.4, 0.5) is 8.78 Å². The average Bonchev–Trinajstić information content (AvgIpc) is 2.68. The third kappa shape index (κ3) is 1.77. The third-order valence-electron chi connectivity index (χ3n) is 3.31. The maximum Gasteiger partial charge on any atom is 0.387 e. The zero-order valence-corrected chi connectivity index (χ0v) is 9.30. The molecule has 17 heavy (non-hydrogen) atoms. The molecule has 2 aromatic rings. The second-order valence-electron chi connectivity index (χ2n) is 4.35. The van der Waals surface area contributed by atoms with Gasteiger partial charge in [-0.2, -0.15) is 8.78 Å². The first-order valence-corrected chi connectivity index (χ1v) is 5.83. The van der Waals surface area contributed by atoms with Crippen molar-refractivity contribution in [3.8, 4) is 5.75 Å². The number of aromatic amines is 1. The van der Waals surface area contributed by atoms with Crippen molar-refractivity contribution in [3.05, 3.63) is 29.5 Å². The SMILES string of the molecule is FC(F)Oc1cccc2c3c([nH]c12)CCCC3. The lowest BCUT2D eigenvalue weighted by Gasteiger charge is -2.10. The Bertz CT molecular complexity index is 548. The van der Waals surface area contributed by atoms with Gasteiger partial charge in [0, 0.05) is 11.1 Å². The van der Waals surface area contributed by atoms with Gasteiger partial charge < -0.3 is 9.72 Å². The van der Waals surface area contributed by atoms with Gasteiger partial charge in [0.25, 0.3) is 0 Å². The summed E-state index contributed by atoms with van der Waals surface area (Å²) in [4.78, 5) is 3.23. The normalized spacial score (nSPS) is 15.2. The zero-order chi connectivity index (χ0) is 11.8. The Labute approximate surface area is 97.6 Å². The summed E-state index contributed by atoms with van der Waals surface area (Å²) in [6.45, 7) is -2.78. The molecule has 0 bridgehead atoms. The summed E-state index contributed by atoms with van der Waals surface area (Å²) in [5, 5.41) is 1.03. The number of nitrogens with one attached hydrogen (secondary N) is 1. The number of fused-ring (bicyclic) bond motifs is 3. The first-order valence-electron chi connectivity index (χ1n) is 5.83. The van der Waals surface area contributed by atoms with Gasteiger partial charge in [-0.3, -0.25) is 0 Å². The van der Waals surface area contributed by atoms with Crippen LogP contribution in [0, 0.1) is 0 Å². The van der Waals surface area contributed by atoms with Gasteiger partial charge in [-0.1, -0.05) is 12.1 Å². The molecule has 1 aromatic heterocycles. The lowest BCUT2D eigenvalue weighted by atomic mass is 9.96. The molecule has 0 amide bonds.